The SMILES string of the molecule is CCN(C(C)=O)c1ccc2c(C(=O)NC3CC3)c(NC(=O)c3cccc(-c4cn[nH]c4)c3)[nH]c2c1. The maximum absolute atomic E-state index is 13.2. The first-order valence-electron chi connectivity index (χ1n) is 11.6. The minimum absolute atomic E-state index is 0.0730. The third kappa shape index (κ3) is 4.52. The summed E-state index contributed by atoms with van der Waals surface area (Å²) in [5.41, 5.74) is 3.92. The highest BCUT2D eigenvalue weighted by molar-refractivity contribution is 6.16. The standard InChI is InChI=1S/C26H26N6O3/c1-3-32(15(2)33)20-9-10-21-22(12-20)30-24(23(21)26(35)29-19-7-8-19)31-25(34)17-6-4-5-16(11-17)18-13-27-28-14-18/h4-6,9-14,19,30H,3,7-8H2,1-2H3,(H,27,28)(H,29,35)(H,31,34). The molecule has 0 radical (unpaired) electrons. The minimum atomic E-state index is -0.346. The number of carbonyl (C=O) groups is 3. The molecule has 4 N–H and O–H groups in total. The molecule has 178 valence electrons. The smallest absolute Gasteiger partial charge is 0.256 e. The molecule has 2 aromatic heterocycles. The van der Waals surface area contributed by atoms with E-state index in [9.17, 15) is 14.4 Å². The highest BCUT2D eigenvalue weighted by atomic mass is 16.2. The van der Waals surface area contributed by atoms with Crippen LogP contribution in [0.2, 0.25) is 0 Å². The largest absolute Gasteiger partial charge is 0.349 e. The van der Waals surface area contributed by atoms with Crippen molar-refractivity contribution in [3.05, 3.63) is 66.0 Å². The van der Waals surface area contributed by atoms with Gasteiger partial charge in [-0.05, 0) is 55.7 Å². The number of hydrogen-bond donors (Lipinski definition) is 4. The Hall–Kier alpha value is -4.40. The number of anilines is 2. The Kier molecular flexibility index (Phi) is 5.82. The van der Waals surface area contributed by atoms with Gasteiger partial charge in [-0.3, -0.25) is 19.5 Å². The van der Waals surface area contributed by atoms with E-state index in [0.717, 1.165) is 24.0 Å². The molecule has 3 amide bonds. The van der Waals surface area contributed by atoms with Gasteiger partial charge in [0.25, 0.3) is 11.8 Å². The van der Waals surface area contributed by atoms with Crippen LogP contribution < -0.4 is 15.5 Å². The molecule has 0 spiro atoms. The lowest BCUT2D eigenvalue weighted by Gasteiger charge is -2.18. The topological polar surface area (TPSA) is 123 Å². The molecular formula is C26H26N6O3. The van der Waals surface area contributed by atoms with E-state index in [0.29, 0.717) is 40.1 Å². The molecule has 2 heterocycles. The average Bonchev–Trinajstić information content (AvgIpc) is 3.34. The van der Waals surface area contributed by atoms with Crippen LogP contribution in [0, 0.1) is 0 Å². The normalized spacial score (nSPS) is 13.0. The Bertz CT molecular complexity index is 1420. The van der Waals surface area contributed by atoms with Crippen LogP contribution in [-0.2, 0) is 4.79 Å². The lowest BCUT2D eigenvalue weighted by molar-refractivity contribution is -0.116. The zero-order chi connectivity index (χ0) is 24.5. The Morgan fingerprint density at radius 2 is 1.91 bits per heavy atom. The van der Waals surface area contributed by atoms with Crippen LogP contribution in [0.4, 0.5) is 11.5 Å². The van der Waals surface area contributed by atoms with Crippen molar-refractivity contribution in [2.24, 2.45) is 0 Å². The van der Waals surface area contributed by atoms with Gasteiger partial charge in [0, 0.05) is 53.4 Å². The molecule has 5 rings (SSSR count). The van der Waals surface area contributed by atoms with Crippen LogP contribution in [0.15, 0.2) is 54.9 Å². The fourth-order valence-electron chi connectivity index (χ4n) is 4.19. The predicted molar refractivity (Wildman–Crippen MR) is 134 cm³/mol. The second-order valence-corrected chi connectivity index (χ2v) is 8.64. The van der Waals surface area contributed by atoms with Gasteiger partial charge in [0.2, 0.25) is 5.91 Å². The predicted octanol–water partition coefficient (Wildman–Crippen LogP) is 4.08. The Balaban J connectivity index is 1.51. The fraction of sp³-hybridized carbons (Fsp3) is 0.231. The number of carbonyl (C=O) groups excluding carboxylic acids is 3. The summed E-state index contributed by atoms with van der Waals surface area (Å²) in [5.74, 6) is -0.342. The Morgan fingerprint density at radius 1 is 1.09 bits per heavy atom. The van der Waals surface area contributed by atoms with Gasteiger partial charge >= 0.3 is 0 Å². The molecule has 0 bridgehead atoms. The molecule has 0 saturated heterocycles. The molecule has 0 unspecified atom stereocenters. The summed E-state index contributed by atoms with van der Waals surface area (Å²) in [6, 6.07) is 12.8. The lowest BCUT2D eigenvalue weighted by Crippen LogP contribution is -2.27. The third-order valence-electron chi connectivity index (χ3n) is 6.12. The number of aromatic nitrogens is 3. The van der Waals surface area contributed by atoms with E-state index in [-0.39, 0.29) is 23.8 Å². The van der Waals surface area contributed by atoms with E-state index in [1.807, 2.05) is 31.2 Å². The molecular weight excluding hydrogens is 444 g/mol. The maximum atomic E-state index is 13.2. The molecule has 4 aromatic rings. The van der Waals surface area contributed by atoms with E-state index in [1.165, 1.54) is 6.92 Å². The number of amides is 3. The van der Waals surface area contributed by atoms with Gasteiger partial charge in [0.05, 0.1) is 11.8 Å². The van der Waals surface area contributed by atoms with Gasteiger partial charge in [-0.25, -0.2) is 0 Å². The van der Waals surface area contributed by atoms with Gasteiger partial charge in [0.15, 0.2) is 0 Å². The van der Waals surface area contributed by atoms with Crippen molar-refractivity contribution >= 4 is 40.1 Å². The van der Waals surface area contributed by atoms with Crippen molar-refractivity contribution in [3.8, 4) is 11.1 Å². The van der Waals surface area contributed by atoms with Gasteiger partial charge in [0.1, 0.15) is 5.82 Å². The summed E-state index contributed by atoms with van der Waals surface area (Å²) in [4.78, 5) is 43.2. The molecule has 1 saturated carbocycles. The first-order chi connectivity index (χ1) is 16.9. The summed E-state index contributed by atoms with van der Waals surface area (Å²) >= 11 is 0. The second-order valence-electron chi connectivity index (χ2n) is 8.64. The van der Waals surface area contributed by atoms with Crippen LogP contribution >= 0.6 is 0 Å². The van der Waals surface area contributed by atoms with Crippen molar-refractivity contribution < 1.29 is 14.4 Å². The highest BCUT2D eigenvalue weighted by Gasteiger charge is 2.28. The molecule has 0 aliphatic heterocycles. The molecule has 2 aromatic carbocycles. The maximum Gasteiger partial charge on any atom is 0.256 e. The van der Waals surface area contributed by atoms with Gasteiger partial charge in [-0.2, -0.15) is 5.10 Å². The average molecular weight is 471 g/mol. The molecule has 0 atom stereocenters. The van der Waals surface area contributed by atoms with Crippen LogP contribution in [0.25, 0.3) is 22.0 Å². The van der Waals surface area contributed by atoms with Crippen molar-refractivity contribution in [1.82, 2.24) is 20.5 Å². The van der Waals surface area contributed by atoms with Crippen molar-refractivity contribution in [2.45, 2.75) is 32.7 Å². The fourth-order valence-corrected chi connectivity index (χ4v) is 4.19. The Labute approximate surface area is 201 Å². The summed E-state index contributed by atoms with van der Waals surface area (Å²) < 4.78 is 0. The first kappa shape index (κ1) is 22.4. The lowest BCUT2D eigenvalue weighted by atomic mass is 10.1. The zero-order valence-corrected chi connectivity index (χ0v) is 19.5. The van der Waals surface area contributed by atoms with Crippen molar-refractivity contribution in [1.29, 1.82) is 0 Å². The highest BCUT2D eigenvalue weighted by Crippen LogP contribution is 2.31. The first-order valence-corrected chi connectivity index (χ1v) is 11.6. The van der Waals surface area contributed by atoms with Crippen LogP contribution in [0.5, 0.6) is 0 Å². The summed E-state index contributed by atoms with van der Waals surface area (Å²) in [7, 11) is 0. The molecule has 1 aliphatic rings. The van der Waals surface area contributed by atoms with E-state index >= 15 is 0 Å². The number of hydrogen-bond acceptors (Lipinski definition) is 4. The van der Waals surface area contributed by atoms with Crippen molar-refractivity contribution in [2.75, 3.05) is 16.8 Å². The number of fused-ring (bicyclic) bond motifs is 1. The third-order valence-corrected chi connectivity index (χ3v) is 6.12. The van der Waals surface area contributed by atoms with Crippen LogP contribution in [0.3, 0.4) is 0 Å². The number of aromatic amines is 2. The quantitative estimate of drug-likeness (QED) is 0.325. The van der Waals surface area contributed by atoms with Gasteiger partial charge in [-0.1, -0.05) is 12.1 Å². The van der Waals surface area contributed by atoms with E-state index in [2.05, 4.69) is 25.8 Å². The molecule has 9 heteroatoms. The molecule has 9 nitrogen and oxygen atoms in total. The summed E-state index contributed by atoms with van der Waals surface area (Å²) in [6.07, 6.45) is 5.34. The van der Waals surface area contributed by atoms with E-state index < -0.39 is 0 Å². The second kappa shape index (κ2) is 9.09. The molecule has 1 fully saturated rings. The van der Waals surface area contributed by atoms with Gasteiger partial charge < -0.3 is 20.5 Å². The monoisotopic (exact) mass is 470 g/mol. The summed E-state index contributed by atoms with van der Waals surface area (Å²) in [6.45, 7) is 3.94. The summed E-state index contributed by atoms with van der Waals surface area (Å²) in [5, 5.41) is 13.3. The molecule has 35 heavy (non-hydrogen) atoms. The van der Waals surface area contributed by atoms with Gasteiger partial charge in [-0.15, -0.1) is 0 Å². The van der Waals surface area contributed by atoms with Crippen molar-refractivity contribution in [3.63, 3.8) is 0 Å². The number of rotatable bonds is 7. The number of nitrogens with one attached hydrogen (secondary N) is 4. The minimum Gasteiger partial charge on any atom is -0.349 e. The number of H-pyrrole nitrogens is 2. The Morgan fingerprint density at radius 3 is 2.60 bits per heavy atom. The number of benzene rings is 2. The van der Waals surface area contributed by atoms with Crippen LogP contribution in [-0.4, -0.2) is 45.5 Å². The van der Waals surface area contributed by atoms with Crippen LogP contribution in [0.1, 0.15) is 47.4 Å². The number of nitrogens with zero attached hydrogens (tertiary/aromatic N) is 2. The molecule has 1 aliphatic carbocycles. The van der Waals surface area contributed by atoms with E-state index in [4.69, 9.17) is 0 Å². The zero-order valence-electron chi connectivity index (χ0n) is 19.5. The van der Waals surface area contributed by atoms with E-state index in [1.54, 1.807) is 35.5 Å².